The maximum atomic E-state index is 12.3. The molecule has 7 heteroatoms. The van der Waals surface area contributed by atoms with E-state index in [1.807, 2.05) is 0 Å². The van der Waals surface area contributed by atoms with Crippen molar-refractivity contribution in [3.8, 4) is 0 Å². The molecule has 7 nitrogen and oxygen atoms in total. The van der Waals surface area contributed by atoms with Crippen LogP contribution in [0, 0.1) is 0 Å². The zero-order valence-electron chi connectivity index (χ0n) is 13.4. The second-order valence-electron chi connectivity index (χ2n) is 5.49. The molecule has 0 bridgehead atoms. The van der Waals surface area contributed by atoms with Crippen LogP contribution in [0.25, 0.3) is 0 Å². The summed E-state index contributed by atoms with van der Waals surface area (Å²) in [7, 11) is 1.31. The topological polar surface area (TPSA) is 84.4 Å². The maximum absolute atomic E-state index is 12.3. The van der Waals surface area contributed by atoms with Crippen LogP contribution in [0.15, 0.2) is 36.7 Å². The van der Waals surface area contributed by atoms with Gasteiger partial charge in [-0.05, 0) is 31.0 Å². The second kappa shape index (κ2) is 7.08. The number of esters is 1. The normalized spacial score (nSPS) is 13.6. The number of nitrogens with zero attached hydrogens (tertiary/aromatic N) is 3. The molecule has 1 fully saturated rings. The molecule has 0 atom stereocenters. The second-order valence-corrected chi connectivity index (χ2v) is 5.49. The summed E-state index contributed by atoms with van der Waals surface area (Å²) < 4.78 is 4.67. The van der Waals surface area contributed by atoms with Crippen molar-refractivity contribution in [1.29, 1.82) is 0 Å². The highest BCUT2D eigenvalue weighted by Crippen LogP contribution is 2.16. The number of ether oxygens (including phenoxy) is 1. The van der Waals surface area contributed by atoms with Gasteiger partial charge in [-0.1, -0.05) is 6.07 Å². The summed E-state index contributed by atoms with van der Waals surface area (Å²) >= 11 is 0. The number of amides is 1. The fourth-order valence-corrected chi connectivity index (χ4v) is 2.56. The first kappa shape index (κ1) is 15.9. The Morgan fingerprint density at radius 2 is 1.83 bits per heavy atom. The third-order valence-corrected chi connectivity index (χ3v) is 3.83. The van der Waals surface area contributed by atoms with E-state index in [4.69, 9.17) is 0 Å². The summed E-state index contributed by atoms with van der Waals surface area (Å²) in [6.07, 6.45) is 5.31. The Labute approximate surface area is 139 Å². The molecule has 0 unspecified atom stereocenters. The van der Waals surface area contributed by atoms with Crippen LogP contribution in [-0.4, -0.2) is 42.0 Å². The van der Waals surface area contributed by atoms with Crippen LogP contribution in [0.5, 0.6) is 0 Å². The minimum atomic E-state index is -0.454. The summed E-state index contributed by atoms with van der Waals surface area (Å²) in [5, 5.41) is 2.73. The first-order valence-electron chi connectivity index (χ1n) is 7.74. The maximum Gasteiger partial charge on any atom is 0.337 e. The minimum Gasteiger partial charge on any atom is -0.465 e. The van der Waals surface area contributed by atoms with Crippen LogP contribution >= 0.6 is 0 Å². The summed E-state index contributed by atoms with van der Waals surface area (Å²) in [6.45, 7) is 1.90. The minimum absolute atomic E-state index is 0.329. The molecular weight excluding hydrogens is 308 g/mol. The predicted octanol–water partition coefficient (Wildman–Crippen LogP) is 2.12. The van der Waals surface area contributed by atoms with Crippen LogP contribution in [0.4, 0.5) is 11.6 Å². The smallest absolute Gasteiger partial charge is 0.337 e. The van der Waals surface area contributed by atoms with Crippen molar-refractivity contribution in [3.63, 3.8) is 0 Å². The zero-order valence-corrected chi connectivity index (χ0v) is 13.4. The van der Waals surface area contributed by atoms with E-state index in [9.17, 15) is 9.59 Å². The van der Waals surface area contributed by atoms with Crippen LogP contribution in [0.2, 0.25) is 0 Å². The number of carbonyl (C=O) groups excluding carboxylic acids is 2. The predicted molar refractivity (Wildman–Crippen MR) is 89.2 cm³/mol. The van der Waals surface area contributed by atoms with Crippen molar-refractivity contribution in [2.24, 2.45) is 0 Å². The fourth-order valence-electron chi connectivity index (χ4n) is 2.56. The van der Waals surface area contributed by atoms with Gasteiger partial charge in [0.2, 0.25) is 5.95 Å². The van der Waals surface area contributed by atoms with Crippen LogP contribution in [0.1, 0.15) is 33.6 Å². The van der Waals surface area contributed by atoms with Crippen molar-refractivity contribution in [3.05, 3.63) is 47.8 Å². The average Bonchev–Trinajstić information content (AvgIpc) is 3.16. The molecule has 0 spiro atoms. The molecule has 1 amide bonds. The number of hydrogen-bond donors (Lipinski definition) is 1. The number of nitrogens with one attached hydrogen (secondary N) is 1. The van der Waals surface area contributed by atoms with Gasteiger partial charge in [-0.25, -0.2) is 14.8 Å². The molecule has 1 aromatic heterocycles. The van der Waals surface area contributed by atoms with E-state index in [0.717, 1.165) is 25.9 Å². The van der Waals surface area contributed by atoms with E-state index in [1.165, 1.54) is 19.5 Å². The van der Waals surface area contributed by atoms with E-state index in [2.05, 4.69) is 24.9 Å². The third-order valence-electron chi connectivity index (χ3n) is 3.83. The molecule has 2 aromatic rings. The van der Waals surface area contributed by atoms with Crippen molar-refractivity contribution in [1.82, 2.24) is 9.97 Å². The fraction of sp³-hybridized carbons (Fsp3) is 0.294. The van der Waals surface area contributed by atoms with Gasteiger partial charge in [-0.3, -0.25) is 4.79 Å². The largest absolute Gasteiger partial charge is 0.465 e. The Bertz CT molecular complexity index is 740. The van der Waals surface area contributed by atoms with Crippen LogP contribution in [-0.2, 0) is 4.74 Å². The third kappa shape index (κ3) is 3.51. The van der Waals surface area contributed by atoms with Crippen LogP contribution < -0.4 is 10.2 Å². The lowest BCUT2D eigenvalue weighted by Gasteiger charge is -2.14. The molecule has 1 aromatic carbocycles. The van der Waals surface area contributed by atoms with Crippen molar-refractivity contribution < 1.29 is 14.3 Å². The van der Waals surface area contributed by atoms with Gasteiger partial charge in [0, 0.05) is 31.2 Å². The van der Waals surface area contributed by atoms with E-state index >= 15 is 0 Å². The standard InChI is InChI=1S/C17H18N4O3/c1-24-16(23)12-5-4-6-14(9-12)20-15(22)13-10-18-17(19-11-13)21-7-2-3-8-21/h4-6,9-11H,2-3,7-8H2,1H3,(H,20,22). The Hall–Kier alpha value is -2.96. The van der Waals surface area contributed by atoms with Gasteiger partial charge in [0.1, 0.15) is 0 Å². The van der Waals surface area contributed by atoms with E-state index in [0.29, 0.717) is 22.8 Å². The number of anilines is 2. The lowest BCUT2D eigenvalue weighted by atomic mass is 10.2. The van der Waals surface area contributed by atoms with Crippen molar-refractivity contribution >= 4 is 23.5 Å². The number of methoxy groups -OCH3 is 1. The summed E-state index contributed by atoms with van der Waals surface area (Å²) in [4.78, 5) is 34.4. The highest BCUT2D eigenvalue weighted by atomic mass is 16.5. The van der Waals surface area contributed by atoms with E-state index in [1.54, 1.807) is 24.3 Å². The monoisotopic (exact) mass is 326 g/mol. The molecule has 3 rings (SSSR count). The van der Waals surface area contributed by atoms with Crippen molar-refractivity contribution in [2.45, 2.75) is 12.8 Å². The number of rotatable bonds is 4. The molecular formula is C17H18N4O3. The van der Waals surface area contributed by atoms with Gasteiger partial charge >= 0.3 is 5.97 Å². The van der Waals surface area contributed by atoms with Gasteiger partial charge in [-0.15, -0.1) is 0 Å². The molecule has 1 aliphatic rings. The van der Waals surface area contributed by atoms with Crippen molar-refractivity contribution in [2.75, 3.05) is 30.4 Å². The van der Waals surface area contributed by atoms with E-state index in [-0.39, 0.29) is 5.91 Å². The number of benzene rings is 1. The summed E-state index contributed by atoms with van der Waals surface area (Å²) in [6, 6.07) is 6.55. The highest BCUT2D eigenvalue weighted by molar-refractivity contribution is 6.04. The van der Waals surface area contributed by atoms with E-state index < -0.39 is 5.97 Å². The zero-order chi connectivity index (χ0) is 16.9. The Morgan fingerprint density at radius 1 is 1.12 bits per heavy atom. The molecule has 0 aliphatic carbocycles. The molecule has 1 saturated heterocycles. The Morgan fingerprint density at radius 3 is 2.50 bits per heavy atom. The van der Waals surface area contributed by atoms with Gasteiger partial charge < -0.3 is 15.0 Å². The number of aromatic nitrogens is 2. The van der Waals surface area contributed by atoms with Gasteiger partial charge in [-0.2, -0.15) is 0 Å². The Kier molecular flexibility index (Phi) is 4.69. The molecule has 1 N–H and O–H groups in total. The summed E-state index contributed by atoms with van der Waals surface area (Å²) in [5.41, 5.74) is 1.24. The molecule has 124 valence electrons. The molecule has 0 saturated carbocycles. The molecule has 0 radical (unpaired) electrons. The lowest BCUT2D eigenvalue weighted by molar-refractivity contribution is 0.0600. The number of carbonyl (C=O) groups is 2. The first-order valence-corrected chi connectivity index (χ1v) is 7.74. The highest BCUT2D eigenvalue weighted by Gasteiger charge is 2.16. The van der Waals surface area contributed by atoms with Crippen LogP contribution in [0.3, 0.4) is 0 Å². The van der Waals surface area contributed by atoms with Gasteiger partial charge in [0.15, 0.2) is 0 Å². The quantitative estimate of drug-likeness (QED) is 0.866. The first-order chi connectivity index (χ1) is 11.7. The number of hydrogen-bond acceptors (Lipinski definition) is 6. The van der Waals surface area contributed by atoms with Gasteiger partial charge in [0.25, 0.3) is 5.91 Å². The molecule has 24 heavy (non-hydrogen) atoms. The van der Waals surface area contributed by atoms with Gasteiger partial charge in [0.05, 0.1) is 18.2 Å². The molecule has 1 aliphatic heterocycles. The summed E-state index contributed by atoms with van der Waals surface area (Å²) in [5.74, 6) is -0.133. The lowest BCUT2D eigenvalue weighted by Crippen LogP contribution is -2.21. The molecule has 2 heterocycles. The Balaban J connectivity index is 1.69. The SMILES string of the molecule is COC(=O)c1cccc(NC(=O)c2cnc(N3CCCC3)nc2)c1. The average molecular weight is 326 g/mol.